The molecule has 0 spiro atoms. The lowest BCUT2D eigenvalue weighted by molar-refractivity contribution is 0.629. The summed E-state index contributed by atoms with van der Waals surface area (Å²) in [4.78, 5) is 1.19. The molecular formula is C25H22FN5S. The van der Waals surface area contributed by atoms with Gasteiger partial charge in [-0.3, -0.25) is 0 Å². The molecule has 32 heavy (non-hydrogen) atoms. The van der Waals surface area contributed by atoms with Crippen molar-refractivity contribution in [3.8, 4) is 11.1 Å². The predicted octanol–water partition coefficient (Wildman–Crippen LogP) is 6.23. The number of para-hydroxylation sites is 1. The van der Waals surface area contributed by atoms with Gasteiger partial charge in [0.15, 0.2) is 0 Å². The zero-order valence-electron chi connectivity index (χ0n) is 17.8. The molecule has 0 atom stereocenters. The second-order valence-corrected chi connectivity index (χ2v) is 9.04. The van der Waals surface area contributed by atoms with Gasteiger partial charge in [-0.15, -0.1) is 16.4 Å². The van der Waals surface area contributed by atoms with Crippen LogP contribution in [0.1, 0.15) is 42.2 Å². The van der Waals surface area contributed by atoms with Crippen LogP contribution < -0.4 is 0 Å². The topological polar surface area (TPSA) is 59.4 Å². The highest BCUT2D eigenvalue weighted by molar-refractivity contribution is 7.14. The molecular weight excluding hydrogens is 421 g/mol. The monoisotopic (exact) mass is 443 g/mol. The summed E-state index contributed by atoms with van der Waals surface area (Å²) >= 11 is 1.62. The maximum absolute atomic E-state index is 14.2. The molecule has 7 heteroatoms. The highest BCUT2D eigenvalue weighted by Crippen LogP contribution is 2.33. The van der Waals surface area contributed by atoms with Gasteiger partial charge in [0.2, 0.25) is 0 Å². The first-order valence-electron chi connectivity index (χ1n) is 10.8. The second-order valence-electron chi connectivity index (χ2n) is 7.92. The first-order chi connectivity index (χ1) is 15.7. The molecule has 5 rings (SSSR count). The Morgan fingerprint density at radius 1 is 1.09 bits per heavy atom. The Labute approximate surface area is 189 Å². The van der Waals surface area contributed by atoms with Crippen LogP contribution in [0.4, 0.5) is 4.39 Å². The summed E-state index contributed by atoms with van der Waals surface area (Å²) in [7, 11) is 0. The number of thiophene rings is 1. The Morgan fingerprint density at radius 2 is 1.97 bits per heavy atom. The van der Waals surface area contributed by atoms with Crippen molar-refractivity contribution in [1.29, 1.82) is 5.26 Å². The molecule has 160 valence electrons. The fourth-order valence-corrected chi connectivity index (χ4v) is 5.26. The van der Waals surface area contributed by atoms with Crippen LogP contribution in [0, 0.1) is 17.1 Å². The van der Waals surface area contributed by atoms with Gasteiger partial charge in [0, 0.05) is 16.5 Å². The lowest BCUT2D eigenvalue weighted by atomic mass is 10.1. The van der Waals surface area contributed by atoms with Crippen molar-refractivity contribution in [2.24, 2.45) is 0 Å². The van der Waals surface area contributed by atoms with E-state index >= 15 is 0 Å². The van der Waals surface area contributed by atoms with E-state index in [4.69, 9.17) is 0 Å². The van der Waals surface area contributed by atoms with Gasteiger partial charge in [-0.25, -0.2) is 9.07 Å². The maximum Gasteiger partial charge on any atom is 0.125 e. The number of rotatable bonds is 7. The molecule has 0 bridgehead atoms. The Morgan fingerprint density at radius 3 is 2.81 bits per heavy atom. The molecule has 3 heterocycles. The van der Waals surface area contributed by atoms with Gasteiger partial charge in [-0.2, -0.15) is 5.26 Å². The van der Waals surface area contributed by atoms with Gasteiger partial charge in [0.1, 0.15) is 22.4 Å². The Bertz CT molecular complexity index is 1450. The SMILES string of the molecule is CCCCCc1cc(C#N)c(-n2cc(Cn3nnc4ccccc43)c3ccc(F)cc32)s1. The highest BCUT2D eigenvalue weighted by atomic mass is 32.1. The number of hydrogen-bond donors (Lipinski definition) is 0. The molecule has 2 aromatic carbocycles. The average Bonchev–Trinajstić information content (AvgIpc) is 3.50. The van der Waals surface area contributed by atoms with Crippen LogP contribution in [-0.4, -0.2) is 19.6 Å². The van der Waals surface area contributed by atoms with E-state index in [1.165, 1.54) is 23.4 Å². The number of nitrogens with zero attached hydrogens (tertiary/aromatic N) is 5. The molecule has 0 aliphatic heterocycles. The third-order valence-electron chi connectivity index (χ3n) is 5.72. The molecule has 5 aromatic rings. The Balaban J connectivity index is 1.60. The van der Waals surface area contributed by atoms with E-state index in [1.807, 2.05) is 45.8 Å². The summed E-state index contributed by atoms with van der Waals surface area (Å²) < 4.78 is 18.0. The molecule has 0 N–H and O–H groups in total. The number of halogens is 1. The minimum atomic E-state index is -0.298. The number of fused-ring (bicyclic) bond motifs is 2. The van der Waals surface area contributed by atoms with E-state index in [9.17, 15) is 9.65 Å². The van der Waals surface area contributed by atoms with Crippen LogP contribution in [0.3, 0.4) is 0 Å². The van der Waals surface area contributed by atoms with Crippen LogP contribution in [0.25, 0.3) is 26.9 Å². The summed E-state index contributed by atoms with van der Waals surface area (Å²) in [6.45, 7) is 2.69. The third kappa shape index (κ3) is 3.67. The molecule has 0 amide bonds. The van der Waals surface area contributed by atoms with E-state index in [1.54, 1.807) is 17.4 Å². The number of nitriles is 1. The lowest BCUT2D eigenvalue weighted by Crippen LogP contribution is -2.01. The third-order valence-corrected chi connectivity index (χ3v) is 6.91. The van der Waals surface area contributed by atoms with Crippen LogP contribution in [0.15, 0.2) is 54.7 Å². The van der Waals surface area contributed by atoms with Crippen molar-refractivity contribution in [3.05, 3.63) is 76.5 Å². The maximum atomic E-state index is 14.2. The molecule has 0 saturated carbocycles. The summed E-state index contributed by atoms with van der Waals surface area (Å²) in [5.41, 5.74) is 4.16. The van der Waals surface area contributed by atoms with Crippen LogP contribution in [-0.2, 0) is 13.0 Å². The minimum Gasteiger partial charge on any atom is -0.307 e. The summed E-state index contributed by atoms with van der Waals surface area (Å²) in [5, 5.41) is 20.1. The molecule has 0 saturated heterocycles. The molecule has 0 unspecified atom stereocenters. The summed E-state index contributed by atoms with van der Waals surface area (Å²) in [6, 6.07) is 17.0. The van der Waals surface area contributed by atoms with Crippen molar-refractivity contribution in [1.82, 2.24) is 19.6 Å². The first kappa shape index (κ1) is 20.4. The zero-order valence-corrected chi connectivity index (χ0v) is 18.6. The van der Waals surface area contributed by atoms with E-state index in [0.29, 0.717) is 12.1 Å². The fourth-order valence-electron chi connectivity index (χ4n) is 4.12. The van der Waals surface area contributed by atoms with Crippen LogP contribution in [0.5, 0.6) is 0 Å². The first-order valence-corrected chi connectivity index (χ1v) is 11.6. The van der Waals surface area contributed by atoms with Crippen LogP contribution >= 0.6 is 11.3 Å². The quantitative estimate of drug-likeness (QED) is 0.280. The van der Waals surface area contributed by atoms with E-state index in [2.05, 4.69) is 23.3 Å². The van der Waals surface area contributed by atoms with Crippen molar-refractivity contribution >= 4 is 33.3 Å². The van der Waals surface area contributed by atoms with Gasteiger partial charge in [-0.05, 0) is 54.8 Å². The fraction of sp³-hybridized carbons (Fsp3) is 0.240. The van der Waals surface area contributed by atoms with Crippen molar-refractivity contribution < 1.29 is 4.39 Å². The second kappa shape index (κ2) is 8.56. The minimum absolute atomic E-state index is 0.298. The van der Waals surface area contributed by atoms with E-state index in [0.717, 1.165) is 51.8 Å². The molecule has 0 radical (unpaired) electrons. The van der Waals surface area contributed by atoms with Gasteiger partial charge in [-0.1, -0.05) is 37.1 Å². The lowest BCUT2D eigenvalue weighted by Gasteiger charge is -2.03. The molecule has 3 aromatic heterocycles. The smallest absolute Gasteiger partial charge is 0.125 e. The van der Waals surface area contributed by atoms with Gasteiger partial charge in [0.05, 0.1) is 23.1 Å². The average molecular weight is 444 g/mol. The standard InChI is InChI=1S/C25H22FN5S/c1-2-3-4-7-20-12-17(14-27)25(32-20)30-15-18(21-11-10-19(26)13-24(21)30)16-31-23-9-6-5-8-22(23)28-29-31/h5-6,8-13,15H,2-4,7,16H2,1H3. The summed E-state index contributed by atoms with van der Waals surface area (Å²) in [6.07, 6.45) is 6.39. The van der Waals surface area contributed by atoms with Gasteiger partial charge in [0.25, 0.3) is 0 Å². The Kier molecular flexibility index (Phi) is 5.46. The van der Waals surface area contributed by atoms with Crippen molar-refractivity contribution in [2.75, 3.05) is 0 Å². The molecule has 0 aliphatic rings. The normalized spacial score (nSPS) is 11.4. The van der Waals surface area contributed by atoms with Crippen molar-refractivity contribution in [3.63, 3.8) is 0 Å². The van der Waals surface area contributed by atoms with Gasteiger partial charge < -0.3 is 4.57 Å². The van der Waals surface area contributed by atoms with Gasteiger partial charge >= 0.3 is 0 Å². The number of aromatic nitrogens is 4. The predicted molar refractivity (Wildman–Crippen MR) is 126 cm³/mol. The largest absolute Gasteiger partial charge is 0.307 e. The van der Waals surface area contributed by atoms with E-state index < -0.39 is 0 Å². The number of unbranched alkanes of at least 4 members (excludes halogenated alkanes) is 2. The molecule has 5 nitrogen and oxygen atoms in total. The number of benzene rings is 2. The molecule has 0 fully saturated rings. The zero-order chi connectivity index (χ0) is 22.1. The van der Waals surface area contributed by atoms with E-state index in [-0.39, 0.29) is 5.82 Å². The number of hydrogen-bond acceptors (Lipinski definition) is 4. The number of aryl methyl sites for hydroxylation is 1. The van der Waals surface area contributed by atoms with Crippen LogP contribution in [0.2, 0.25) is 0 Å². The van der Waals surface area contributed by atoms with Crippen molar-refractivity contribution in [2.45, 2.75) is 39.2 Å². The summed E-state index contributed by atoms with van der Waals surface area (Å²) in [5.74, 6) is -0.298. The molecule has 0 aliphatic carbocycles. The Hall–Kier alpha value is -3.50. The highest BCUT2D eigenvalue weighted by Gasteiger charge is 2.17.